The van der Waals surface area contributed by atoms with Crippen molar-refractivity contribution in [3.8, 4) is 0 Å². The maximum absolute atomic E-state index is 12.1. The van der Waals surface area contributed by atoms with Gasteiger partial charge in [-0.2, -0.15) is 0 Å². The number of ketones is 1. The van der Waals surface area contributed by atoms with E-state index in [1.165, 1.54) is 18.4 Å². The van der Waals surface area contributed by atoms with Crippen LogP contribution in [0, 0.1) is 6.92 Å². The van der Waals surface area contributed by atoms with Crippen LogP contribution in [-0.4, -0.2) is 10.8 Å². The molecule has 18 heavy (non-hydrogen) atoms. The Balaban J connectivity index is 2.08. The number of unbranched alkanes of at least 4 members (excludes halogenated alkanes) is 3. The van der Waals surface area contributed by atoms with E-state index in [0.29, 0.717) is 6.42 Å². The number of nitrogens with one attached hydrogen (secondary N) is 1. The predicted molar refractivity (Wildman–Crippen MR) is 76.1 cm³/mol. The van der Waals surface area contributed by atoms with Crippen molar-refractivity contribution in [3.05, 3.63) is 35.5 Å². The molecule has 1 N–H and O–H groups in total. The Kier molecular flexibility index (Phi) is 4.19. The molecule has 1 aromatic heterocycles. The fourth-order valence-corrected chi connectivity index (χ4v) is 2.32. The van der Waals surface area contributed by atoms with Gasteiger partial charge in [-0.25, -0.2) is 0 Å². The monoisotopic (exact) mass is 243 g/mol. The summed E-state index contributed by atoms with van der Waals surface area (Å²) < 4.78 is 0. The summed E-state index contributed by atoms with van der Waals surface area (Å²) in [5, 5.41) is 1.06. The smallest absolute Gasteiger partial charge is 0.165 e. The van der Waals surface area contributed by atoms with E-state index in [9.17, 15) is 4.79 Å². The zero-order chi connectivity index (χ0) is 13.0. The minimum atomic E-state index is 0.265. The second kappa shape index (κ2) is 5.85. The number of carbonyl (C=O) groups excluding carboxylic acids is 1. The van der Waals surface area contributed by atoms with E-state index in [2.05, 4.69) is 31.0 Å². The van der Waals surface area contributed by atoms with Crippen LogP contribution in [0.5, 0.6) is 0 Å². The average molecular weight is 243 g/mol. The maximum atomic E-state index is 12.1. The molecule has 0 amide bonds. The Morgan fingerprint density at radius 2 is 2.06 bits per heavy atom. The molecule has 0 aliphatic heterocycles. The normalized spacial score (nSPS) is 11.0. The van der Waals surface area contributed by atoms with E-state index in [-0.39, 0.29) is 5.78 Å². The van der Waals surface area contributed by atoms with E-state index in [4.69, 9.17) is 0 Å². The number of aryl methyl sites for hydroxylation is 1. The molecule has 0 radical (unpaired) electrons. The number of fused-ring (bicyclic) bond motifs is 1. The van der Waals surface area contributed by atoms with Crippen molar-refractivity contribution in [2.24, 2.45) is 0 Å². The predicted octanol–water partition coefficient (Wildman–Crippen LogP) is 4.63. The minimum Gasteiger partial charge on any atom is -0.360 e. The lowest BCUT2D eigenvalue weighted by Crippen LogP contribution is -1.97. The van der Waals surface area contributed by atoms with Gasteiger partial charge >= 0.3 is 0 Å². The van der Waals surface area contributed by atoms with Gasteiger partial charge in [-0.15, -0.1) is 0 Å². The largest absolute Gasteiger partial charge is 0.360 e. The van der Waals surface area contributed by atoms with E-state index >= 15 is 0 Å². The lowest BCUT2D eigenvalue weighted by molar-refractivity contribution is 0.0981. The summed E-state index contributed by atoms with van der Waals surface area (Å²) in [4.78, 5) is 15.3. The van der Waals surface area contributed by atoms with Crippen molar-refractivity contribution in [3.63, 3.8) is 0 Å². The first-order valence-electron chi connectivity index (χ1n) is 6.83. The Labute approximate surface area is 108 Å². The molecule has 0 aliphatic rings. The van der Waals surface area contributed by atoms with E-state index < -0.39 is 0 Å². The molecular weight excluding hydrogens is 222 g/mol. The van der Waals surface area contributed by atoms with E-state index in [1.54, 1.807) is 0 Å². The van der Waals surface area contributed by atoms with E-state index in [1.807, 2.05) is 12.3 Å². The number of H-pyrrole nitrogens is 1. The number of rotatable bonds is 6. The van der Waals surface area contributed by atoms with Crippen molar-refractivity contribution in [1.82, 2.24) is 4.98 Å². The van der Waals surface area contributed by atoms with Crippen molar-refractivity contribution in [1.29, 1.82) is 0 Å². The fraction of sp³-hybridized carbons (Fsp3) is 0.438. The molecule has 0 spiro atoms. The summed E-state index contributed by atoms with van der Waals surface area (Å²) in [7, 11) is 0. The molecule has 2 rings (SSSR count). The van der Waals surface area contributed by atoms with Gasteiger partial charge in [0.1, 0.15) is 0 Å². The number of aromatic nitrogens is 1. The summed E-state index contributed by atoms with van der Waals surface area (Å²) in [5.74, 6) is 0.265. The number of hydrogen-bond donors (Lipinski definition) is 1. The number of Topliss-reactive ketones (excluding diaryl/α,β-unsaturated/α-hetero) is 1. The molecule has 2 aromatic rings. The number of hydrogen-bond acceptors (Lipinski definition) is 1. The van der Waals surface area contributed by atoms with Crippen LogP contribution in [0.3, 0.4) is 0 Å². The molecule has 0 saturated heterocycles. The fourth-order valence-electron chi connectivity index (χ4n) is 2.32. The van der Waals surface area contributed by atoms with Gasteiger partial charge in [0, 0.05) is 29.1 Å². The SMILES string of the molecule is CCCCCCC(=O)c1c[nH]c2cc(C)ccc12. The molecule has 0 atom stereocenters. The first-order chi connectivity index (χ1) is 8.72. The second-order valence-corrected chi connectivity index (χ2v) is 4.99. The van der Waals surface area contributed by atoms with Crippen LogP contribution in [-0.2, 0) is 0 Å². The highest BCUT2D eigenvalue weighted by atomic mass is 16.1. The van der Waals surface area contributed by atoms with Crippen LogP contribution in [0.4, 0.5) is 0 Å². The van der Waals surface area contributed by atoms with E-state index in [0.717, 1.165) is 29.3 Å². The van der Waals surface area contributed by atoms with Crippen LogP contribution in [0.2, 0.25) is 0 Å². The molecule has 0 bridgehead atoms. The lowest BCUT2D eigenvalue weighted by Gasteiger charge is -2.00. The van der Waals surface area contributed by atoms with Gasteiger partial charge in [0.25, 0.3) is 0 Å². The van der Waals surface area contributed by atoms with Gasteiger partial charge in [-0.3, -0.25) is 4.79 Å². The third-order valence-electron chi connectivity index (χ3n) is 3.40. The third-order valence-corrected chi connectivity index (χ3v) is 3.40. The standard InChI is InChI=1S/C16H21NO/c1-3-4-5-6-7-16(18)14-11-17-15-10-12(2)8-9-13(14)15/h8-11,17H,3-7H2,1-2H3. The van der Waals surface area contributed by atoms with Gasteiger partial charge in [0.05, 0.1) is 0 Å². The Morgan fingerprint density at radius 1 is 1.22 bits per heavy atom. The van der Waals surface area contributed by atoms with Gasteiger partial charge in [-0.05, 0) is 25.0 Å². The van der Waals surface area contributed by atoms with Crippen molar-refractivity contribution in [2.75, 3.05) is 0 Å². The molecule has 1 aromatic carbocycles. The first kappa shape index (κ1) is 12.9. The summed E-state index contributed by atoms with van der Waals surface area (Å²) in [6.45, 7) is 4.25. The molecule has 2 nitrogen and oxygen atoms in total. The molecule has 1 heterocycles. The average Bonchev–Trinajstić information content (AvgIpc) is 2.77. The lowest BCUT2D eigenvalue weighted by atomic mass is 10.0. The molecule has 0 fully saturated rings. The van der Waals surface area contributed by atoms with Gasteiger partial charge in [-0.1, -0.05) is 38.3 Å². The summed E-state index contributed by atoms with van der Waals surface area (Å²) in [6, 6.07) is 6.19. The molecule has 0 aliphatic carbocycles. The van der Waals surface area contributed by atoms with Gasteiger partial charge in [0.15, 0.2) is 5.78 Å². The summed E-state index contributed by atoms with van der Waals surface area (Å²) >= 11 is 0. The second-order valence-electron chi connectivity index (χ2n) is 4.99. The number of carbonyl (C=O) groups is 1. The molecule has 96 valence electrons. The maximum Gasteiger partial charge on any atom is 0.165 e. The van der Waals surface area contributed by atoms with Crippen LogP contribution in [0.25, 0.3) is 10.9 Å². The first-order valence-corrected chi connectivity index (χ1v) is 6.83. The minimum absolute atomic E-state index is 0.265. The van der Waals surface area contributed by atoms with Crippen LogP contribution in [0.1, 0.15) is 54.9 Å². The number of benzene rings is 1. The third kappa shape index (κ3) is 2.81. The van der Waals surface area contributed by atoms with Crippen LogP contribution in [0.15, 0.2) is 24.4 Å². The molecule has 0 saturated carbocycles. The van der Waals surface area contributed by atoms with Gasteiger partial charge in [0.2, 0.25) is 0 Å². The number of aromatic amines is 1. The van der Waals surface area contributed by atoms with Crippen molar-refractivity contribution < 1.29 is 4.79 Å². The highest BCUT2D eigenvalue weighted by Gasteiger charge is 2.11. The molecule has 0 unspecified atom stereocenters. The Morgan fingerprint density at radius 3 is 2.83 bits per heavy atom. The molecule has 2 heteroatoms. The highest BCUT2D eigenvalue weighted by Crippen LogP contribution is 2.21. The zero-order valence-electron chi connectivity index (χ0n) is 11.3. The van der Waals surface area contributed by atoms with Crippen LogP contribution >= 0.6 is 0 Å². The topological polar surface area (TPSA) is 32.9 Å². The zero-order valence-corrected chi connectivity index (χ0v) is 11.3. The van der Waals surface area contributed by atoms with Gasteiger partial charge < -0.3 is 4.98 Å². The quantitative estimate of drug-likeness (QED) is 0.582. The Hall–Kier alpha value is -1.57. The van der Waals surface area contributed by atoms with Crippen molar-refractivity contribution >= 4 is 16.7 Å². The summed E-state index contributed by atoms with van der Waals surface area (Å²) in [5.41, 5.74) is 3.12. The summed E-state index contributed by atoms with van der Waals surface area (Å²) in [6.07, 6.45) is 7.11. The van der Waals surface area contributed by atoms with Crippen LogP contribution < -0.4 is 0 Å². The Bertz CT molecular complexity index is 539. The van der Waals surface area contributed by atoms with Crippen molar-refractivity contribution in [2.45, 2.75) is 46.0 Å². The molecular formula is C16H21NO. The highest BCUT2D eigenvalue weighted by molar-refractivity contribution is 6.07.